The molecule has 0 atom stereocenters. The van der Waals surface area contributed by atoms with Gasteiger partial charge in [-0.25, -0.2) is 8.42 Å². The fourth-order valence-electron chi connectivity index (χ4n) is 4.36. The Morgan fingerprint density at radius 1 is 1.17 bits per heavy atom. The maximum absolute atomic E-state index is 13.1. The Balaban J connectivity index is 1.35. The van der Waals surface area contributed by atoms with Crippen molar-refractivity contribution < 1.29 is 27.4 Å². The van der Waals surface area contributed by atoms with Crippen molar-refractivity contribution in [3.05, 3.63) is 41.2 Å². The van der Waals surface area contributed by atoms with Crippen LogP contribution in [0.25, 0.3) is 10.2 Å². The van der Waals surface area contributed by atoms with Crippen LogP contribution in [0.15, 0.2) is 46.3 Å². The van der Waals surface area contributed by atoms with Gasteiger partial charge in [0.25, 0.3) is 5.91 Å². The van der Waals surface area contributed by atoms with Crippen molar-refractivity contribution in [2.24, 2.45) is 10.9 Å². The van der Waals surface area contributed by atoms with E-state index in [0.717, 1.165) is 10.2 Å². The topological polar surface area (TPSA) is 99.4 Å². The Labute approximate surface area is 213 Å². The first-order valence-electron chi connectivity index (χ1n) is 11.5. The quantitative estimate of drug-likeness (QED) is 0.473. The van der Waals surface area contributed by atoms with E-state index in [0.29, 0.717) is 48.1 Å². The lowest BCUT2D eigenvalue weighted by molar-refractivity contribution is -0.122. The second kappa shape index (κ2) is 9.97. The van der Waals surface area contributed by atoms with Crippen molar-refractivity contribution in [2.75, 3.05) is 33.4 Å². The van der Waals surface area contributed by atoms with Crippen molar-refractivity contribution >= 4 is 37.5 Å². The maximum Gasteiger partial charge on any atom is 0.251 e. The van der Waals surface area contributed by atoms with Gasteiger partial charge in [-0.1, -0.05) is 17.3 Å². The lowest BCUT2D eigenvalue weighted by atomic mass is 9.98. The van der Waals surface area contributed by atoms with Gasteiger partial charge in [0.05, 0.1) is 28.8 Å². The average molecular weight is 528 g/mol. The molecule has 3 aromatic rings. The fraction of sp³-hybridized carbons (Fsp3) is 0.360. The van der Waals surface area contributed by atoms with Crippen molar-refractivity contribution in [1.29, 1.82) is 0 Å². The van der Waals surface area contributed by atoms with Gasteiger partial charge in [-0.05, 0) is 37.1 Å². The molecule has 0 bridgehead atoms. The van der Waals surface area contributed by atoms with Gasteiger partial charge in [0.1, 0.15) is 19.0 Å². The Morgan fingerprint density at radius 2 is 1.83 bits per heavy atom. The van der Waals surface area contributed by atoms with E-state index in [1.165, 1.54) is 34.9 Å². The molecule has 1 saturated heterocycles. The molecule has 1 aromatic heterocycles. The third kappa shape index (κ3) is 4.59. The number of carbonyl (C=O) groups excluding carboxylic acids is 1. The molecule has 9 nitrogen and oxygen atoms in total. The third-order valence-electron chi connectivity index (χ3n) is 6.30. The summed E-state index contributed by atoms with van der Waals surface area (Å²) in [5.41, 5.74) is 0.828. The molecule has 188 valence electrons. The number of sulfonamides is 1. The highest BCUT2D eigenvalue weighted by Gasteiger charge is 2.32. The number of piperidine rings is 1. The fourth-order valence-corrected chi connectivity index (χ4v) is 6.88. The van der Waals surface area contributed by atoms with Gasteiger partial charge in [-0.15, -0.1) is 6.42 Å². The van der Waals surface area contributed by atoms with Crippen molar-refractivity contribution in [1.82, 2.24) is 8.87 Å². The minimum atomic E-state index is -3.65. The van der Waals surface area contributed by atoms with Crippen molar-refractivity contribution in [2.45, 2.75) is 24.3 Å². The highest BCUT2D eigenvalue weighted by Crippen LogP contribution is 2.35. The van der Waals surface area contributed by atoms with Crippen LogP contribution in [-0.2, 0) is 21.4 Å². The SMILES string of the molecule is C#CCn1c(=NC(=O)C2CCN(S(=O)(=O)c3ccc(OC)cc3)CC2)sc2cc3c(cc21)OCCO3. The van der Waals surface area contributed by atoms with Crippen molar-refractivity contribution in [3.8, 4) is 29.6 Å². The summed E-state index contributed by atoms with van der Waals surface area (Å²) in [4.78, 5) is 18.2. The zero-order valence-electron chi connectivity index (χ0n) is 19.7. The van der Waals surface area contributed by atoms with Crippen molar-refractivity contribution in [3.63, 3.8) is 0 Å². The summed E-state index contributed by atoms with van der Waals surface area (Å²) in [5.74, 6) is 3.87. The molecule has 36 heavy (non-hydrogen) atoms. The van der Waals surface area contributed by atoms with Gasteiger partial charge in [0.15, 0.2) is 16.3 Å². The van der Waals surface area contributed by atoms with Crippen LogP contribution in [-0.4, -0.2) is 56.6 Å². The molecule has 1 fully saturated rings. The Kier molecular flexibility index (Phi) is 6.75. The summed E-state index contributed by atoms with van der Waals surface area (Å²) < 4.78 is 46.6. The van der Waals surface area contributed by atoms with E-state index in [2.05, 4.69) is 10.9 Å². The largest absolute Gasteiger partial charge is 0.497 e. The molecule has 0 aliphatic carbocycles. The average Bonchev–Trinajstić information content (AvgIpc) is 3.23. The predicted octanol–water partition coefficient (Wildman–Crippen LogP) is 2.64. The predicted molar refractivity (Wildman–Crippen MR) is 135 cm³/mol. The highest BCUT2D eigenvalue weighted by atomic mass is 32.2. The van der Waals surface area contributed by atoms with E-state index in [9.17, 15) is 13.2 Å². The minimum absolute atomic E-state index is 0.203. The second-order valence-electron chi connectivity index (χ2n) is 8.44. The molecule has 5 rings (SSSR count). The number of fused-ring (bicyclic) bond motifs is 2. The number of hydrogen-bond acceptors (Lipinski definition) is 7. The standard InChI is InChI=1S/C25H25N3O6S2/c1-3-10-28-20-15-21-22(34-14-13-33-21)16-23(20)35-25(28)26-24(29)17-8-11-27(12-9-17)36(30,31)19-6-4-18(32-2)5-7-19/h1,4-7,15-17H,8-14H2,2H3. The molecule has 0 N–H and O–H groups in total. The molecule has 2 aliphatic rings. The van der Waals surface area contributed by atoms with E-state index in [4.69, 9.17) is 20.6 Å². The molecular formula is C25H25N3O6S2. The lowest BCUT2D eigenvalue weighted by Crippen LogP contribution is -2.40. The monoisotopic (exact) mass is 527 g/mol. The van der Waals surface area contributed by atoms with E-state index in [-0.39, 0.29) is 36.4 Å². The van der Waals surface area contributed by atoms with Crippen LogP contribution in [0.1, 0.15) is 12.8 Å². The summed E-state index contributed by atoms with van der Waals surface area (Å²) in [6, 6.07) is 10.0. The number of nitrogens with zero attached hydrogens (tertiary/aromatic N) is 3. The zero-order valence-corrected chi connectivity index (χ0v) is 21.3. The Bertz CT molecular complexity index is 1510. The molecule has 11 heteroatoms. The lowest BCUT2D eigenvalue weighted by Gasteiger charge is -2.29. The number of aromatic nitrogens is 1. The molecule has 0 radical (unpaired) electrons. The summed E-state index contributed by atoms with van der Waals surface area (Å²) >= 11 is 1.36. The number of amides is 1. The van der Waals surface area contributed by atoms with Gasteiger partial charge in [0, 0.05) is 31.1 Å². The molecule has 0 spiro atoms. The number of carbonyl (C=O) groups is 1. The summed E-state index contributed by atoms with van der Waals surface area (Å²) in [5, 5.41) is 0. The van der Waals surface area contributed by atoms with E-state index in [1.807, 2.05) is 16.7 Å². The number of methoxy groups -OCH3 is 1. The summed E-state index contributed by atoms with van der Waals surface area (Å²) in [6.07, 6.45) is 6.39. The van der Waals surface area contributed by atoms with Crippen LogP contribution in [0.2, 0.25) is 0 Å². The molecule has 2 aliphatic heterocycles. The maximum atomic E-state index is 13.1. The first-order valence-corrected chi connectivity index (χ1v) is 13.8. The van der Waals surface area contributed by atoms with Crippen LogP contribution in [0.4, 0.5) is 0 Å². The molecule has 0 unspecified atom stereocenters. The normalized spacial score (nSPS) is 17.2. The van der Waals surface area contributed by atoms with Gasteiger partial charge in [0.2, 0.25) is 10.0 Å². The number of terminal acetylenes is 1. The number of thiazole rings is 1. The van der Waals surface area contributed by atoms with Gasteiger partial charge in [-0.3, -0.25) is 4.79 Å². The van der Waals surface area contributed by atoms with Crippen LogP contribution in [0, 0.1) is 18.3 Å². The number of ether oxygens (including phenoxy) is 3. The zero-order chi connectivity index (χ0) is 25.3. The second-order valence-corrected chi connectivity index (χ2v) is 11.4. The number of rotatable bonds is 5. The molecule has 0 saturated carbocycles. The van der Waals surface area contributed by atoms with Crippen LogP contribution >= 0.6 is 11.3 Å². The van der Waals surface area contributed by atoms with E-state index >= 15 is 0 Å². The summed E-state index contributed by atoms with van der Waals surface area (Å²) in [6.45, 7) is 1.71. The van der Waals surface area contributed by atoms with E-state index in [1.54, 1.807) is 12.1 Å². The van der Waals surface area contributed by atoms with Crippen LogP contribution in [0.5, 0.6) is 17.2 Å². The molecule has 1 amide bonds. The Morgan fingerprint density at radius 3 is 2.47 bits per heavy atom. The smallest absolute Gasteiger partial charge is 0.251 e. The number of hydrogen-bond donors (Lipinski definition) is 0. The summed E-state index contributed by atoms with van der Waals surface area (Å²) in [7, 11) is -2.12. The minimum Gasteiger partial charge on any atom is -0.497 e. The highest BCUT2D eigenvalue weighted by molar-refractivity contribution is 7.89. The first kappa shape index (κ1) is 24.4. The molecule has 2 aromatic carbocycles. The van der Waals surface area contributed by atoms with Gasteiger partial charge in [-0.2, -0.15) is 9.30 Å². The number of benzene rings is 2. The Hall–Kier alpha value is -3.33. The third-order valence-corrected chi connectivity index (χ3v) is 9.26. The van der Waals surface area contributed by atoms with Crippen LogP contribution < -0.4 is 19.0 Å². The molecular weight excluding hydrogens is 502 g/mol. The first-order chi connectivity index (χ1) is 17.4. The van der Waals surface area contributed by atoms with E-state index < -0.39 is 10.0 Å². The van der Waals surface area contributed by atoms with Gasteiger partial charge >= 0.3 is 0 Å². The van der Waals surface area contributed by atoms with Crippen LogP contribution in [0.3, 0.4) is 0 Å². The van der Waals surface area contributed by atoms with Gasteiger partial charge < -0.3 is 18.8 Å². The molecule has 3 heterocycles.